The van der Waals surface area contributed by atoms with Crippen LogP contribution < -0.4 is 4.74 Å². The summed E-state index contributed by atoms with van der Waals surface area (Å²) in [5, 5.41) is 8.84. The molecule has 0 heterocycles. The second-order valence-corrected chi connectivity index (χ2v) is 4.10. The van der Waals surface area contributed by atoms with E-state index in [1.54, 1.807) is 19.1 Å². The first-order valence-electron chi connectivity index (χ1n) is 5.57. The number of hydrogen-bond donors (Lipinski definition) is 1. The van der Waals surface area contributed by atoms with E-state index in [2.05, 4.69) is 0 Å². The molecule has 1 aromatic rings. The number of benzene rings is 1. The Hall–Kier alpha value is -1.62. The fourth-order valence-corrected chi connectivity index (χ4v) is 1.70. The number of methoxy groups -OCH3 is 2. The SMILES string of the molecule is COCc1c(OC)ccc(CC(C)C(=O)O)c1F. The summed E-state index contributed by atoms with van der Waals surface area (Å²) in [5.74, 6) is -1.63. The van der Waals surface area contributed by atoms with Gasteiger partial charge in [-0.1, -0.05) is 13.0 Å². The van der Waals surface area contributed by atoms with Crippen LogP contribution in [0.4, 0.5) is 4.39 Å². The number of halogens is 1. The molecule has 1 atom stereocenters. The first-order chi connectivity index (χ1) is 8.51. The van der Waals surface area contributed by atoms with E-state index >= 15 is 0 Å². The van der Waals surface area contributed by atoms with Crippen LogP contribution in [-0.4, -0.2) is 25.3 Å². The topological polar surface area (TPSA) is 55.8 Å². The van der Waals surface area contributed by atoms with Gasteiger partial charge in [-0.3, -0.25) is 4.79 Å². The summed E-state index contributed by atoms with van der Waals surface area (Å²) in [6.45, 7) is 1.63. The van der Waals surface area contributed by atoms with Crippen molar-refractivity contribution in [2.45, 2.75) is 20.0 Å². The highest BCUT2D eigenvalue weighted by molar-refractivity contribution is 5.70. The van der Waals surface area contributed by atoms with Gasteiger partial charge >= 0.3 is 5.97 Å². The fourth-order valence-electron chi connectivity index (χ4n) is 1.70. The third kappa shape index (κ3) is 3.20. The van der Waals surface area contributed by atoms with Gasteiger partial charge in [-0.05, 0) is 18.1 Å². The molecule has 0 bridgehead atoms. The lowest BCUT2D eigenvalue weighted by Gasteiger charge is -2.13. The molecule has 0 aliphatic rings. The third-order valence-corrected chi connectivity index (χ3v) is 2.74. The highest BCUT2D eigenvalue weighted by Crippen LogP contribution is 2.26. The first-order valence-corrected chi connectivity index (χ1v) is 5.57. The lowest BCUT2D eigenvalue weighted by atomic mass is 9.98. The smallest absolute Gasteiger partial charge is 0.306 e. The number of rotatable bonds is 6. The molecular weight excluding hydrogens is 239 g/mol. The maximum Gasteiger partial charge on any atom is 0.306 e. The monoisotopic (exact) mass is 256 g/mol. The summed E-state index contributed by atoms with van der Waals surface area (Å²) in [5.41, 5.74) is 0.674. The molecule has 0 aliphatic heterocycles. The maximum absolute atomic E-state index is 14.2. The molecule has 0 saturated carbocycles. The molecular formula is C13H17FO4. The predicted octanol–water partition coefficient (Wildman–Crippen LogP) is 2.24. The van der Waals surface area contributed by atoms with Gasteiger partial charge in [0, 0.05) is 7.11 Å². The van der Waals surface area contributed by atoms with Crippen molar-refractivity contribution in [3.05, 3.63) is 29.1 Å². The minimum Gasteiger partial charge on any atom is -0.496 e. The molecule has 0 spiro atoms. The van der Waals surface area contributed by atoms with E-state index in [1.807, 2.05) is 0 Å². The maximum atomic E-state index is 14.2. The molecule has 0 radical (unpaired) electrons. The summed E-state index contributed by atoms with van der Waals surface area (Å²) in [4.78, 5) is 10.8. The van der Waals surface area contributed by atoms with Crippen molar-refractivity contribution in [1.82, 2.24) is 0 Å². The van der Waals surface area contributed by atoms with Crippen molar-refractivity contribution in [1.29, 1.82) is 0 Å². The van der Waals surface area contributed by atoms with Crippen molar-refractivity contribution < 1.29 is 23.8 Å². The van der Waals surface area contributed by atoms with E-state index in [0.717, 1.165) is 0 Å². The van der Waals surface area contributed by atoms with Crippen LogP contribution in [0, 0.1) is 11.7 Å². The zero-order valence-electron chi connectivity index (χ0n) is 10.7. The number of ether oxygens (including phenoxy) is 2. The summed E-state index contributed by atoms with van der Waals surface area (Å²) in [7, 11) is 2.92. The van der Waals surface area contributed by atoms with Gasteiger partial charge in [0.1, 0.15) is 11.6 Å². The van der Waals surface area contributed by atoms with E-state index < -0.39 is 17.7 Å². The van der Waals surface area contributed by atoms with E-state index in [-0.39, 0.29) is 13.0 Å². The molecule has 1 aromatic carbocycles. The Morgan fingerprint density at radius 3 is 2.61 bits per heavy atom. The molecule has 0 saturated heterocycles. The van der Waals surface area contributed by atoms with E-state index in [4.69, 9.17) is 14.6 Å². The van der Waals surface area contributed by atoms with Crippen molar-refractivity contribution in [3.63, 3.8) is 0 Å². The summed E-state index contributed by atoms with van der Waals surface area (Å²) >= 11 is 0. The Bertz CT molecular complexity index is 431. The minimum absolute atomic E-state index is 0.0876. The van der Waals surface area contributed by atoms with Crippen molar-refractivity contribution in [3.8, 4) is 5.75 Å². The molecule has 0 aromatic heterocycles. The lowest BCUT2D eigenvalue weighted by Crippen LogP contribution is -2.14. The van der Waals surface area contributed by atoms with Crippen molar-refractivity contribution >= 4 is 5.97 Å². The van der Waals surface area contributed by atoms with Crippen molar-refractivity contribution in [2.24, 2.45) is 5.92 Å². The molecule has 100 valence electrons. The van der Waals surface area contributed by atoms with E-state index in [9.17, 15) is 9.18 Å². The number of carboxylic acid groups (broad SMARTS) is 1. The largest absolute Gasteiger partial charge is 0.496 e. The normalized spacial score (nSPS) is 12.2. The first kappa shape index (κ1) is 14.4. The molecule has 1 N–H and O–H groups in total. The molecule has 0 fully saturated rings. The predicted molar refractivity (Wildman–Crippen MR) is 64.2 cm³/mol. The molecule has 4 nitrogen and oxygen atoms in total. The molecule has 1 unspecified atom stereocenters. The quantitative estimate of drug-likeness (QED) is 0.848. The van der Waals surface area contributed by atoms with Gasteiger partial charge in [-0.2, -0.15) is 0 Å². The molecule has 0 aliphatic carbocycles. The van der Waals surface area contributed by atoms with Crippen LogP contribution in [0.25, 0.3) is 0 Å². The highest BCUT2D eigenvalue weighted by atomic mass is 19.1. The summed E-state index contributed by atoms with van der Waals surface area (Å²) < 4.78 is 24.2. The number of aliphatic carboxylic acids is 1. The van der Waals surface area contributed by atoms with Crippen molar-refractivity contribution in [2.75, 3.05) is 14.2 Å². The number of carboxylic acids is 1. The van der Waals surface area contributed by atoms with Crippen LogP contribution in [0.15, 0.2) is 12.1 Å². The Balaban J connectivity index is 3.07. The Labute approximate surface area is 105 Å². The Morgan fingerprint density at radius 1 is 1.44 bits per heavy atom. The molecule has 0 amide bonds. The van der Waals surface area contributed by atoms with Gasteiger partial charge in [-0.15, -0.1) is 0 Å². The van der Waals surface area contributed by atoms with Crippen LogP contribution in [-0.2, 0) is 22.6 Å². The zero-order valence-corrected chi connectivity index (χ0v) is 10.7. The average Bonchev–Trinajstić information content (AvgIpc) is 2.34. The number of carbonyl (C=O) groups is 1. The molecule has 5 heteroatoms. The van der Waals surface area contributed by atoms with E-state index in [0.29, 0.717) is 16.9 Å². The van der Waals surface area contributed by atoms with Gasteiger partial charge in [0.25, 0.3) is 0 Å². The van der Waals surface area contributed by atoms with Crippen LogP contribution in [0.3, 0.4) is 0 Å². The van der Waals surface area contributed by atoms with Gasteiger partial charge in [-0.25, -0.2) is 4.39 Å². The van der Waals surface area contributed by atoms with E-state index in [1.165, 1.54) is 14.2 Å². The second kappa shape index (κ2) is 6.35. The van der Waals surface area contributed by atoms with Crippen LogP contribution in [0.5, 0.6) is 5.75 Å². The highest BCUT2D eigenvalue weighted by Gasteiger charge is 2.18. The van der Waals surface area contributed by atoms with Gasteiger partial charge in [0.05, 0.1) is 25.2 Å². The average molecular weight is 256 g/mol. The fraction of sp³-hybridized carbons (Fsp3) is 0.462. The molecule has 1 rings (SSSR count). The van der Waals surface area contributed by atoms with Crippen LogP contribution in [0.2, 0.25) is 0 Å². The lowest BCUT2D eigenvalue weighted by molar-refractivity contribution is -0.141. The van der Waals surface area contributed by atoms with Crippen LogP contribution in [0.1, 0.15) is 18.1 Å². The number of hydrogen-bond acceptors (Lipinski definition) is 3. The van der Waals surface area contributed by atoms with Gasteiger partial charge in [0.2, 0.25) is 0 Å². The van der Waals surface area contributed by atoms with Crippen LogP contribution >= 0.6 is 0 Å². The molecule has 18 heavy (non-hydrogen) atoms. The Kier molecular flexibility index (Phi) is 5.09. The van der Waals surface area contributed by atoms with Gasteiger partial charge < -0.3 is 14.6 Å². The summed E-state index contributed by atoms with van der Waals surface area (Å²) in [6, 6.07) is 3.17. The minimum atomic E-state index is -0.946. The zero-order chi connectivity index (χ0) is 13.7. The standard InChI is InChI=1S/C13H17FO4/c1-8(13(15)16)6-9-4-5-11(18-3)10(7-17-2)12(9)14/h4-5,8H,6-7H2,1-3H3,(H,15,16). The summed E-state index contributed by atoms with van der Waals surface area (Å²) in [6.07, 6.45) is 0.141. The van der Waals surface area contributed by atoms with Gasteiger partial charge in [0.15, 0.2) is 0 Å². The second-order valence-electron chi connectivity index (χ2n) is 4.10. The third-order valence-electron chi connectivity index (χ3n) is 2.74. The Morgan fingerprint density at radius 2 is 2.11 bits per heavy atom.